The van der Waals surface area contributed by atoms with E-state index in [1.54, 1.807) is 6.07 Å². The molecule has 110 valence electrons. The molecular formula is C16H25N3O. The molecule has 1 aliphatic heterocycles. The van der Waals surface area contributed by atoms with Crippen LogP contribution < -0.4 is 5.73 Å². The summed E-state index contributed by atoms with van der Waals surface area (Å²) in [5.74, 6) is 0.0587. The minimum absolute atomic E-state index is 0.0587. The van der Waals surface area contributed by atoms with Gasteiger partial charge in [0.15, 0.2) is 0 Å². The molecule has 4 heteroatoms. The van der Waals surface area contributed by atoms with Gasteiger partial charge in [-0.25, -0.2) is 0 Å². The fraction of sp³-hybridized carbons (Fsp3) is 0.562. The summed E-state index contributed by atoms with van der Waals surface area (Å²) >= 11 is 0. The second-order valence-corrected chi connectivity index (χ2v) is 5.74. The van der Waals surface area contributed by atoms with E-state index in [-0.39, 0.29) is 5.91 Å². The van der Waals surface area contributed by atoms with Crippen LogP contribution in [0.25, 0.3) is 0 Å². The predicted molar refractivity (Wildman–Crippen MR) is 82.8 cm³/mol. The second kappa shape index (κ2) is 6.27. The number of carbonyl (C=O) groups excluding carboxylic acids is 1. The third kappa shape index (κ3) is 3.31. The number of likely N-dealkylation sites (N-methyl/N-ethyl adjacent to an activating group) is 2. The molecule has 1 heterocycles. The fourth-order valence-electron chi connectivity index (χ4n) is 3.07. The molecular weight excluding hydrogens is 250 g/mol. The molecule has 1 saturated heterocycles. The van der Waals surface area contributed by atoms with E-state index in [9.17, 15) is 4.79 Å². The van der Waals surface area contributed by atoms with Gasteiger partial charge in [0.25, 0.3) is 5.91 Å². The Labute approximate surface area is 121 Å². The Kier molecular flexibility index (Phi) is 4.65. The van der Waals surface area contributed by atoms with Gasteiger partial charge >= 0.3 is 0 Å². The third-order valence-corrected chi connectivity index (χ3v) is 4.08. The Balaban J connectivity index is 2.04. The zero-order valence-corrected chi connectivity index (χ0v) is 12.7. The minimum atomic E-state index is 0.0587. The van der Waals surface area contributed by atoms with Crippen molar-refractivity contribution in [2.45, 2.75) is 32.7 Å². The van der Waals surface area contributed by atoms with Crippen molar-refractivity contribution in [1.29, 1.82) is 0 Å². The zero-order chi connectivity index (χ0) is 14.7. The van der Waals surface area contributed by atoms with E-state index in [1.807, 2.05) is 31.0 Å². The normalized spacial score (nSPS) is 19.2. The second-order valence-electron chi connectivity index (χ2n) is 5.74. The number of amides is 1. The molecule has 2 N–H and O–H groups in total. The van der Waals surface area contributed by atoms with Crippen LogP contribution in [0.15, 0.2) is 18.2 Å². The summed E-state index contributed by atoms with van der Waals surface area (Å²) in [6.07, 6.45) is 2.42. The lowest BCUT2D eigenvalue weighted by Crippen LogP contribution is -2.41. The Hall–Kier alpha value is -1.55. The van der Waals surface area contributed by atoms with Crippen molar-refractivity contribution in [3.63, 3.8) is 0 Å². The first-order valence-electron chi connectivity index (χ1n) is 7.38. The summed E-state index contributed by atoms with van der Waals surface area (Å²) in [7, 11) is 1.88. The van der Waals surface area contributed by atoms with E-state index in [0.29, 0.717) is 17.3 Å². The maximum Gasteiger partial charge on any atom is 0.253 e. The maximum absolute atomic E-state index is 12.5. The number of hydrogen-bond acceptors (Lipinski definition) is 3. The highest BCUT2D eigenvalue weighted by molar-refractivity contribution is 5.95. The third-order valence-electron chi connectivity index (χ3n) is 4.08. The molecule has 1 fully saturated rings. The molecule has 1 aromatic rings. The van der Waals surface area contributed by atoms with Gasteiger partial charge in [0.1, 0.15) is 0 Å². The highest BCUT2D eigenvalue weighted by Gasteiger charge is 2.25. The summed E-state index contributed by atoms with van der Waals surface area (Å²) in [4.78, 5) is 16.8. The van der Waals surface area contributed by atoms with E-state index >= 15 is 0 Å². The number of nitrogens with zero attached hydrogens (tertiary/aromatic N) is 2. The SMILES string of the molecule is CCN1CCCC1CN(C)C(=O)c1cc(C)cc(N)c1. The van der Waals surface area contributed by atoms with Crippen LogP contribution in [0.2, 0.25) is 0 Å². The van der Waals surface area contributed by atoms with Crippen LogP contribution in [-0.2, 0) is 0 Å². The first-order valence-corrected chi connectivity index (χ1v) is 7.38. The molecule has 0 radical (unpaired) electrons. The number of carbonyl (C=O) groups is 1. The summed E-state index contributed by atoms with van der Waals surface area (Å²) < 4.78 is 0. The first kappa shape index (κ1) is 14.9. The number of anilines is 1. The van der Waals surface area contributed by atoms with E-state index < -0.39 is 0 Å². The van der Waals surface area contributed by atoms with Gasteiger partial charge in [0, 0.05) is 30.9 Å². The molecule has 0 bridgehead atoms. The topological polar surface area (TPSA) is 49.6 Å². The Morgan fingerprint density at radius 2 is 2.20 bits per heavy atom. The summed E-state index contributed by atoms with van der Waals surface area (Å²) in [6.45, 7) is 7.15. The molecule has 1 aliphatic rings. The van der Waals surface area contributed by atoms with Crippen molar-refractivity contribution >= 4 is 11.6 Å². The van der Waals surface area contributed by atoms with Crippen LogP contribution in [0.1, 0.15) is 35.7 Å². The van der Waals surface area contributed by atoms with E-state index in [1.165, 1.54) is 12.8 Å². The van der Waals surface area contributed by atoms with Gasteiger partial charge in [-0.15, -0.1) is 0 Å². The molecule has 0 saturated carbocycles. The molecule has 0 spiro atoms. The summed E-state index contributed by atoms with van der Waals surface area (Å²) in [5, 5.41) is 0. The number of likely N-dealkylation sites (tertiary alicyclic amines) is 1. The van der Waals surface area contributed by atoms with Crippen molar-refractivity contribution in [2.75, 3.05) is 32.4 Å². The lowest BCUT2D eigenvalue weighted by molar-refractivity contribution is 0.0754. The molecule has 1 atom stereocenters. The van der Waals surface area contributed by atoms with Crippen LogP contribution in [0.3, 0.4) is 0 Å². The van der Waals surface area contributed by atoms with Gasteiger partial charge in [0.2, 0.25) is 0 Å². The van der Waals surface area contributed by atoms with Crippen molar-refractivity contribution in [3.05, 3.63) is 29.3 Å². The lowest BCUT2D eigenvalue weighted by atomic mass is 10.1. The average molecular weight is 275 g/mol. The molecule has 2 rings (SSSR count). The van der Waals surface area contributed by atoms with Crippen LogP contribution in [0.5, 0.6) is 0 Å². The highest BCUT2D eigenvalue weighted by atomic mass is 16.2. The molecule has 1 aromatic carbocycles. The van der Waals surface area contributed by atoms with Gasteiger partial charge < -0.3 is 10.6 Å². The number of hydrogen-bond donors (Lipinski definition) is 1. The number of nitrogens with two attached hydrogens (primary N) is 1. The largest absolute Gasteiger partial charge is 0.399 e. The molecule has 1 unspecified atom stereocenters. The average Bonchev–Trinajstić information content (AvgIpc) is 2.83. The van der Waals surface area contributed by atoms with Gasteiger partial charge in [-0.3, -0.25) is 9.69 Å². The van der Waals surface area contributed by atoms with Crippen LogP contribution >= 0.6 is 0 Å². The Bertz CT molecular complexity index is 466. The minimum Gasteiger partial charge on any atom is -0.399 e. The fourth-order valence-corrected chi connectivity index (χ4v) is 3.07. The van der Waals surface area contributed by atoms with Gasteiger partial charge in [-0.1, -0.05) is 6.92 Å². The first-order chi connectivity index (χ1) is 9.51. The number of rotatable bonds is 4. The monoisotopic (exact) mass is 275 g/mol. The lowest BCUT2D eigenvalue weighted by Gasteiger charge is -2.28. The van der Waals surface area contributed by atoms with Crippen LogP contribution in [0, 0.1) is 6.92 Å². The van der Waals surface area contributed by atoms with Crippen molar-refractivity contribution < 1.29 is 4.79 Å². The summed E-state index contributed by atoms with van der Waals surface area (Å²) in [6, 6.07) is 6.04. The summed E-state index contributed by atoms with van der Waals surface area (Å²) in [5.41, 5.74) is 8.19. The smallest absolute Gasteiger partial charge is 0.253 e. The molecule has 1 amide bonds. The van der Waals surface area contributed by atoms with Gasteiger partial charge in [-0.2, -0.15) is 0 Å². The number of benzene rings is 1. The van der Waals surface area contributed by atoms with E-state index in [2.05, 4.69) is 11.8 Å². The molecule has 4 nitrogen and oxygen atoms in total. The number of aryl methyl sites for hydroxylation is 1. The molecule has 20 heavy (non-hydrogen) atoms. The van der Waals surface area contributed by atoms with Crippen LogP contribution in [0.4, 0.5) is 5.69 Å². The van der Waals surface area contributed by atoms with E-state index in [4.69, 9.17) is 5.73 Å². The van der Waals surface area contributed by atoms with Crippen molar-refractivity contribution in [2.24, 2.45) is 0 Å². The quantitative estimate of drug-likeness (QED) is 0.856. The van der Waals surface area contributed by atoms with E-state index in [0.717, 1.165) is 25.2 Å². The predicted octanol–water partition coefficient (Wildman–Crippen LogP) is 2.13. The van der Waals surface area contributed by atoms with Gasteiger partial charge in [0.05, 0.1) is 0 Å². The standard InChI is InChI=1S/C16H25N3O/c1-4-19-7-5-6-15(19)11-18(3)16(20)13-8-12(2)9-14(17)10-13/h8-10,15H,4-7,11,17H2,1-3H3. The Morgan fingerprint density at radius 3 is 2.85 bits per heavy atom. The van der Waals surface area contributed by atoms with Crippen molar-refractivity contribution in [3.8, 4) is 0 Å². The zero-order valence-electron chi connectivity index (χ0n) is 12.7. The van der Waals surface area contributed by atoms with Gasteiger partial charge in [-0.05, 0) is 56.6 Å². The maximum atomic E-state index is 12.5. The molecule has 0 aromatic heterocycles. The molecule has 0 aliphatic carbocycles. The number of nitrogen functional groups attached to an aromatic ring is 1. The highest BCUT2D eigenvalue weighted by Crippen LogP contribution is 2.19. The van der Waals surface area contributed by atoms with Crippen LogP contribution in [-0.4, -0.2) is 48.4 Å². The van der Waals surface area contributed by atoms with Crippen molar-refractivity contribution in [1.82, 2.24) is 9.80 Å². The Morgan fingerprint density at radius 1 is 1.45 bits per heavy atom.